The number of ether oxygens (including phenoxy) is 4. The summed E-state index contributed by atoms with van der Waals surface area (Å²) in [6.07, 6.45) is 1.71. The fourth-order valence-corrected chi connectivity index (χ4v) is 7.94. The van der Waals surface area contributed by atoms with E-state index in [0.717, 1.165) is 25.9 Å². The van der Waals surface area contributed by atoms with Gasteiger partial charge in [0.1, 0.15) is 28.1 Å². The average Bonchev–Trinajstić information content (AvgIpc) is 3.58. The molecule has 2 aromatic heterocycles. The van der Waals surface area contributed by atoms with E-state index < -0.39 is 36.7 Å². The van der Waals surface area contributed by atoms with Gasteiger partial charge in [-0.1, -0.05) is 41.4 Å². The van der Waals surface area contributed by atoms with Gasteiger partial charge in [0.2, 0.25) is 12.4 Å². The third-order valence-corrected chi connectivity index (χ3v) is 10.6. The number of aromatic nitrogens is 1. The molecule has 7 rings (SSSR count). The summed E-state index contributed by atoms with van der Waals surface area (Å²) in [5.41, 5.74) is 0.865. The van der Waals surface area contributed by atoms with Gasteiger partial charge in [-0.3, -0.25) is 15.0 Å². The number of alkyl halides is 2. The minimum absolute atomic E-state index is 0.00603. The fourth-order valence-electron chi connectivity index (χ4n) is 6.49. The van der Waals surface area contributed by atoms with E-state index in [2.05, 4.69) is 9.64 Å². The van der Waals surface area contributed by atoms with Crippen molar-refractivity contribution in [3.8, 4) is 11.5 Å². The van der Waals surface area contributed by atoms with Crippen LogP contribution >= 0.6 is 34.5 Å². The summed E-state index contributed by atoms with van der Waals surface area (Å²) in [5, 5.41) is 11.6. The third-order valence-electron chi connectivity index (χ3n) is 9.04. The van der Waals surface area contributed by atoms with Crippen LogP contribution in [0.1, 0.15) is 59.2 Å². The Hall–Kier alpha value is -4.24. The number of pyridine rings is 1. The molecule has 3 fully saturated rings. The maximum absolute atomic E-state index is 15.1. The van der Waals surface area contributed by atoms with Crippen LogP contribution in [-0.2, 0) is 22.4 Å². The van der Waals surface area contributed by atoms with Crippen molar-refractivity contribution in [3.63, 3.8) is 0 Å². The molecule has 282 valence electrons. The molecule has 0 spiro atoms. The molecule has 5 heterocycles. The van der Waals surface area contributed by atoms with E-state index in [1.54, 1.807) is 31.4 Å². The fraction of sp³-hybridized carbons (Fsp3) is 0.378. The van der Waals surface area contributed by atoms with Crippen LogP contribution in [0, 0.1) is 11.7 Å². The van der Waals surface area contributed by atoms with Crippen molar-refractivity contribution in [1.29, 1.82) is 0 Å². The summed E-state index contributed by atoms with van der Waals surface area (Å²) in [4.78, 5) is 31.4. The Morgan fingerprint density at radius 3 is 2.40 bits per heavy atom. The number of anilines is 1. The largest absolute Gasteiger partial charge is 0.487 e. The zero-order valence-corrected chi connectivity index (χ0v) is 31.1. The molecule has 1 amide bonds. The first kappa shape index (κ1) is 38.5. The highest BCUT2D eigenvalue weighted by Crippen LogP contribution is 2.37. The van der Waals surface area contributed by atoms with Crippen molar-refractivity contribution in [2.45, 2.75) is 64.6 Å². The lowest BCUT2D eigenvalue weighted by Crippen LogP contribution is -2.53. The van der Waals surface area contributed by atoms with Crippen molar-refractivity contribution in [3.05, 3.63) is 104 Å². The van der Waals surface area contributed by atoms with Gasteiger partial charge in [-0.2, -0.15) is 8.78 Å². The quantitative estimate of drug-likeness (QED) is 0.0818. The highest BCUT2D eigenvalue weighted by atomic mass is 35.5. The zero-order chi connectivity index (χ0) is 37.8. The van der Waals surface area contributed by atoms with Gasteiger partial charge in [0, 0.05) is 33.5 Å². The summed E-state index contributed by atoms with van der Waals surface area (Å²) < 4.78 is 64.5. The smallest absolute Gasteiger partial charge is 0.415 e. The van der Waals surface area contributed by atoms with Gasteiger partial charge in [0.05, 0.1) is 23.9 Å². The van der Waals surface area contributed by atoms with E-state index >= 15 is 4.39 Å². The van der Waals surface area contributed by atoms with Crippen molar-refractivity contribution in [2.75, 3.05) is 24.5 Å². The van der Waals surface area contributed by atoms with Crippen molar-refractivity contribution in [1.82, 2.24) is 4.90 Å². The molecule has 3 aliphatic rings. The first-order chi connectivity index (χ1) is 25.3. The molecule has 2 aromatic carbocycles. The van der Waals surface area contributed by atoms with Crippen LogP contribution in [0.5, 0.6) is 11.5 Å². The second-order valence-electron chi connectivity index (χ2n) is 13.1. The molecule has 4 aromatic rings. The average molecular weight is 796 g/mol. The predicted octanol–water partition coefficient (Wildman–Crippen LogP) is 8.49. The number of fused-ring (bicyclic) bond motifs is 3. The van der Waals surface area contributed by atoms with Gasteiger partial charge in [0.15, 0.2) is 11.5 Å². The second kappa shape index (κ2) is 16.8. The van der Waals surface area contributed by atoms with Crippen molar-refractivity contribution < 1.29 is 51.6 Å². The number of benzene rings is 2. The van der Waals surface area contributed by atoms with Crippen molar-refractivity contribution >= 4 is 52.3 Å². The Bertz CT molecular complexity index is 1920. The molecule has 1 N–H and O–H groups in total. The van der Waals surface area contributed by atoms with Crippen LogP contribution in [0.2, 0.25) is 10.0 Å². The van der Waals surface area contributed by atoms with E-state index in [9.17, 15) is 23.6 Å². The zero-order valence-electron chi connectivity index (χ0n) is 28.7. The molecule has 2 atom stereocenters. The number of thiophene rings is 1. The number of piperidine rings is 3. The SMILES string of the molecule is CC(C)Oc1cc([C@H](Cc2c(Cl)c[n+](O)cc2Cl)OC(=O)c2csc(CN(C(=O)O[C@H]3CN4CCC3CC4)c3ccccc3F)c2)ccc1OC(F)F. The standard InChI is InChI=1S/C37H37Cl2F3N3O7S/c1-21(2)49-33-14-23(7-8-31(33)51-36(41)42)32(15-26-27(38)17-44(48)18-28(26)39)50-35(46)24-13-25(53-20-24)16-45(30-6-4-3-5-29(30)40)37(47)52-34-19-43-11-9-22(34)10-12-43/h3-8,13-14,17-18,20-22,32,34,36,48H,9-12,15-16,19H2,1-2H3/q+1/t32-,34-/m0/s1. The van der Waals surface area contributed by atoms with Gasteiger partial charge in [-0.15, -0.1) is 11.3 Å². The minimum atomic E-state index is -3.11. The van der Waals surface area contributed by atoms with Crippen LogP contribution < -0.4 is 19.1 Å². The molecule has 2 bridgehead atoms. The highest BCUT2D eigenvalue weighted by molar-refractivity contribution is 7.10. The number of esters is 1. The van der Waals surface area contributed by atoms with E-state index in [0.29, 0.717) is 27.3 Å². The molecule has 53 heavy (non-hydrogen) atoms. The number of hydrogen-bond acceptors (Lipinski definition) is 9. The molecule has 3 saturated heterocycles. The second-order valence-corrected chi connectivity index (χ2v) is 14.9. The van der Waals surface area contributed by atoms with Crippen LogP contribution in [0.3, 0.4) is 0 Å². The normalized spacial score (nSPS) is 18.5. The summed E-state index contributed by atoms with van der Waals surface area (Å²) >= 11 is 14.0. The van der Waals surface area contributed by atoms with Crippen LogP contribution in [0.4, 0.5) is 23.7 Å². The Labute approximate surface area is 318 Å². The van der Waals surface area contributed by atoms with E-state index in [1.807, 2.05) is 0 Å². The molecule has 0 saturated carbocycles. The Kier molecular flexibility index (Phi) is 12.2. The lowest BCUT2D eigenvalue weighted by atomic mass is 9.86. The lowest BCUT2D eigenvalue weighted by Gasteiger charge is -2.44. The summed E-state index contributed by atoms with van der Waals surface area (Å²) in [6, 6.07) is 11.6. The number of para-hydroxylation sites is 1. The highest BCUT2D eigenvalue weighted by Gasteiger charge is 2.38. The van der Waals surface area contributed by atoms with Crippen LogP contribution in [0.15, 0.2) is 66.3 Å². The molecule has 0 unspecified atom stereocenters. The molecule has 16 heteroatoms. The number of carbonyl (C=O) groups is 2. The Morgan fingerprint density at radius 1 is 1.04 bits per heavy atom. The first-order valence-electron chi connectivity index (χ1n) is 16.9. The first-order valence-corrected chi connectivity index (χ1v) is 18.6. The summed E-state index contributed by atoms with van der Waals surface area (Å²) in [6.45, 7) is 2.78. The Morgan fingerprint density at radius 2 is 1.75 bits per heavy atom. The number of halogens is 5. The van der Waals surface area contributed by atoms with Gasteiger partial charge < -0.3 is 18.9 Å². The Balaban J connectivity index is 1.26. The number of rotatable bonds is 13. The molecule has 0 aliphatic carbocycles. The topological polar surface area (TPSA) is 102 Å². The molecule has 10 nitrogen and oxygen atoms in total. The van der Waals surface area contributed by atoms with E-state index in [4.69, 9.17) is 37.4 Å². The van der Waals surface area contributed by atoms with Gasteiger partial charge in [-0.25, -0.2) is 14.0 Å². The molecule has 3 aliphatic heterocycles. The van der Waals surface area contributed by atoms with Crippen LogP contribution in [-0.4, -0.2) is 60.6 Å². The van der Waals surface area contributed by atoms with Gasteiger partial charge in [0.25, 0.3) is 0 Å². The number of carbonyl (C=O) groups excluding carboxylic acids is 2. The van der Waals surface area contributed by atoms with Gasteiger partial charge in [-0.05, 0) is 81.6 Å². The van der Waals surface area contributed by atoms with E-state index in [-0.39, 0.29) is 57.8 Å². The predicted molar refractivity (Wildman–Crippen MR) is 191 cm³/mol. The maximum atomic E-state index is 15.1. The third kappa shape index (κ3) is 9.47. The molecular formula is C37H37Cl2F3N3O7S+. The molecule has 0 radical (unpaired) electrons. The van der Waals surface area contributed by atoms with Gasteiger partial charge >= 0.3 is 18.7 Å². The number of nitrogens with zero attached hydrogens (tertiary/aromatic N) is 3. The lowest BCUT2D eigenvalue weighted by molar-refractivity contribution is -0.904. The maximum Gasteiger partial charge on any atom is 0.415 e. The summed E-state index contributed by atoms with van der Waals surface area (Å²) in [7, 11) is 0. The van der Waals surface area contributed by atoms with E-state index in [1.165, 1.54) is 65.0 Å². The summed E-state index contributed by atoms with van der Waals surface area (Å²) in [5.74, 6) is -1.34. The monoisotopic (exact) mass is 794 g/mol. The number of hydrogen-bond donors (Lipinski definition) is 1. The van der Waals surface area contributed by atoms with Crippen LogP contribution in [0.25, 0.3) is 0 Å². The molecular weight excluding hydrogens is 758 g/mol. The number of amides is 1. The van der Waals surface area contributed by atoms with Crippen molar-refractivity contribution in [2.24, 2.45) is 5.92 Å². The minimum Gasteiger partial charge on any atom is -0.487 e.